The van der Waals surface area contributed by atoms with Crippen LogP contribution in [0.15, 0.2) is 0 Å². The van der Waals surface area contributed by atoms with Crippen LogP contribution < -0.4 is 5.32 Å². The third-order valence-corrected chi connectivity index (χ3v) is 2.76. The van der Waals surface area contributed by atoms with Crippen LogP contribution in [-0.2, 0) is 4.74 Å². The summed E-state index contributed by atoms with van der Waals surface area (Å²) in [5, 5.41) is 12.4. The van der Waals surface area contributed by atoms with Crippen LogP contribution >= 0.6 is 0 Å². The molecule has 0 aromatic carbocycles. The van der Waals surface area contributed by atoms with Crippen LogP contribution in [0.4, 0.5) is 0 Å². The van der Waals surface area contributed by atoms with Gasteiger partial charge in [-0.25, -0.2) is 0 Å². The van der Waals surface area contributed by atoms with Crippen LogP contribution in [0.3, 0.4) is 0 Å². The lowest BCUT2D eigenvalue weighted by atomic mass is 9.99. The molecule has 3 atom stereocenters. The Morgan fingerprint density at radius 2 is 1.93 bits per heavy atom. The van der Waals surface area contributed by atoms with Gasteiger partial charge in [-0.15, -0.1) is 0 Å². The summed E-state index contributed by atoms with van der Waals surface area (Å²) in [6, 6.07) is 0.558. The largest absolute Gasteiger partial charge is 0.396 e. The number of nitrogens with one attached hydrogen (secondary N) is 1. The van der Waals surface area contributed by atoms with Gasteiger partial charge in [-0.05, 0) is 32.6 Å². The van der Waals surface area contributed by atoms with E-state index < -0.39 is 0 Å². The first-order chi connectivity index (χ1) is 6.61. The van der Waals surface area contributed by atoms with Crippen LogP contribution in [0.25, 0.3) is 0 Å². The maximum absolute atomic E-state index is 8.90. The molecular weight excluding hydrogens is 178 g/mol. The third kappa shape index (κ3) is 3.95. The zero-order valence-electron chi connectivity index (χ0n) is 9.49. The topological polar surface area (TPSA) is 41.5 Å². The molecule has 3 nitrogen and oxygen atoms in total. The van der Waals surface area contributed by atoms with Crippen molar-refractivity contribution >= 4 is 0 Å². The second kappa shape index (κ2) is 5.69. The van der Waals surface area contributed by atoms with Gasteiger partial charge in [0.2, 0.25) is 0 Å². The Hall–Kier alpha value is -0.120. The number of ether oxygens (including phenoxy) is 1. The summed E-state index contributed by atoms with van der Waals surface area (Å²) in [7, 11) is 0. The van der Waals surface area contributed by atoms with Crippen LogP contribution in [0.1, 0.15) is 33.6 Å². The number of aliphatic hydroxyl groups excluding tert-OH is 1. The molecule has 14 heavy (non-hydrogen) atoms. The van der Waals surface area contributed by atoms with Gasteiger partial charge in [-0.3, -0.25) is 0 Å². The zero-order chi connectivity index (χ0) is 10.6. The molecule has 0 spiro atoms. The highest BCUT2D eigenvalue weighted by Crippen LogP contribution is 2.18. The molecule has 2 N–H and O–H groups in total. The lowest BCUT2D eigenvalue weighted by molar-refractivity contribution is -0.0425. The van der Waals surface area contributed by atoms with E-state index in [0.29, 0.717) is 24.2 Å². The molecule has 0 aromatic rings. The van der Waals surface area contributed by atoms with Gasteiger partial charge in [0.15, 0.2) is 0 Å². The summed E-state index contributed by atoms with van der Waals surface area (Å²) in [5.41, 5.74) is 0. The van der Waals surface area contributed by atoms with Crippen molar-refractivity contribution in [1.82, 2.24) is 5.32 Å². The quantitative estimate of drug-likeness (QED) is 0.717. The molecule has 0 saturated carbocycles. The van der Waals surface area contributed by atoms with Crippen molar-refractivity contribution in [3.63, 3.8) is 0 Å². The van der Waals surface area contributed by atoms with Crippen molar-refractivity contribution in [3.8, 4) is 0 Å². The maximum atomic E-state index is 8.90. The van der Waals surface area contributed by atoms with Crippen molar-refractivity contribution in [1.29, 1.82) is 0 Å². The van der Waals surface area contributed by atoms with Crippen LogP contribution in [0.2, 0.25) is 0 Å². The van der Waals surface area contributed by atoms with Crippen molar-refractivity contribution in [2.24, 2.45) is 5.92 Å². The molecular formula is C11H23NO2. The van der Waals surface area contributed by atoms with Gasteiger partial charge in [0.25, 0.3) is 0 Å². The summed E-state index contributed by atoms with van der Waals surface area (Å²) >= 11 is 0. The Labute approximate surface area is 86.8 Å². The number of hydrogen-bond acceptors (Lipinski definition) is 3. The fourth-order valence-electron chi connectivity index (χ4n) is 2.00. The van der Waals surface area contributed by atoms with Crippen LogP contribution in [0, 0.1) is 5.92 Å². The Morgan fingerprint density at radius 3 is 2.43 bits per heavy atom. The molecule has 1 aliphatic rings. The van der Waals surface area contributed by atoms with Crippen LogP contribution in [-0.4, -0.2) is 36.5 Å². The van der Waals surface area contributed by atoms with Gasteiger partial charge in [0.05, 0.1) is 12.2 Å². The van der Waals surface area contributed by atoms with E-state index in [0.717, 1.165) is 19.4 Å². The average molecular weight is 201 g/mol. The lowest BCUT2D eigenvalue weighted by Crippen LogP contribution is -2.43. The zero-order valence-corrected chi connectivity index (χ0v) is 9.49. The third-order valence-electron chi connectivity index (χ3n) is 2.76. The van der Waals surface area contributed by atoms with Gasteiger partial charge >= 0.3 is 0 Å². The summed E-state index contributed by atoms with van der Waals surface area (Å²) in [6.45, 7) is 7.47. The Bertz CT molecular complexity index is 153. The Kier molecular flexibility index (Phi) is 4.85. The molecule has 1 aliphatic heterocycles. The highest BCUT2D eigenvalue weighted by atomic mass is 16.5. The van der Waals surface area contributed by atoms with E-state index in [1.54, 1.807) is 0 Å². The van der Waals surface area contributed by atoms with E-state index in [-0.39, 0.29) is 6.61 Å². The molecule has 3 unspecified atom stereocenters. The average Bonchev–Trinajstić information content (AvgIpc) is 2.12. The number of hydrogen-bond donors (Lipinski definition) is 2. The molecule has 0 bridgehead atoms. The Morgan fingerprint density at radius 1 is 1.36 bits per heavy atom. The van der Waals surface area contributed by atoms with Crippen molar-refractivity contribution < 1.29 is 9.84 Å². The summed E-state index contributed by atoms with van der Waals surface area (Å²) < 4.78 is 5.66. The Balaban J connectivity index is 2.23. The fraction of sp³-hybridized carbons (Fsp3) is 1.00. The standard InChI is InChI=1S/C11H23NO2/c1-8(7-13)6-12-11-4-9(2)14-10(3)5-11/h8-13H,4-7H2,1-3H3. The van der Waals surface area contributed by atoms with Gasteiger partial charge in [-0.2, -0.15) is 0 Å². The van der Waals surface area contributed by atoms with Crippen LogP contribution in [0.5, 0.6) is 0 Å². The van der Waals surface area contributed by atoms with Crippen molar-refractivity contribution in [2.45, 2.75) is 51.9 Å². The molecule has 1 saturated heterocycles. The van der Waals surface area contributed by atoms with Gasteiger partial charge in [0, 0.05) is 19.2 Å². The van der Waals surface area contributed by atoms with E-state index in [4.69, 9.17) is 9.84 Å². The minimum Gasteiger partial charge on any atom is -0.396 e. The lowest BCUT2D eigenvalue weighted by Gasteiger charge is -2.33. The summed E-state index contributed by atoms with van der Waals surface area (Å²) in [4.78, 5) is 0. The molecule has 0 aliphatic carbocycles. The van der Waals surface area contributed by atoms with E-state index >= 15 is 0 Å². The van der Waals surface area contributed by atoms with Gasteiger partial charge < -0.3 is 15.2 Å². The van der Waals surface area contributed by atoms with E-state index in [1.165, 1.54) is 0 Å². The summed E-state index contributed by atoms with van der Waals surface area (Å²) in [6.07, 6.45) is 2.90. The molecule has 0 radical (unpaired) electrons. The summed E-state index contributed by atoms with van der Waals surface area (Å²) in [5.74, 6) is 0.350. The number of aliphatic hydroxyl groups is 1. The monoisotopic (exact) mass is 201 g/mol. The van der Waals surface area contributed by atoms with E-state index in [1.807, 2.05) is 0 Å². The molecule has 0 aromatic heterocycles. The first-order valence-electron chi connectivity index (χ1n) is 5.61. The van der Waals surface area contributed by atoms with Gasteiger partial charge in [-0.1, -0.05) is 6.92 Å². The molecule has 1 fully saturated rings. The fourth-order valence-corrected chi connectivity index (χ4v) is 2.00. The van der Waals surface area contributed by atoms with Crippen molar-refractivity contribution in [3.05, 3.63) is 0 Å². The normalized spacial score (nSPS) is 35.6. The highest BCUT2D eigenvalue weighted by molar-refractivity contribution is 4.78. The van der Waals surface area contributed by atoms with E-state index in [2.05, 4.69) is 26.1 Å². The molecule has 1 rings (SSSR count). The maximum Gasteiger partial charge on any atom is 0.0565 e. The molecule has 0 amide bonds. The minimum atomic E-state index is 0.265. The minimum absolute atomic E-state index is 0.265. The second-order valence-electron chi connectivity index (χ2n) is 4.62. The first-order valence-corrected chi connectivity index (χ1v) is 5.61. The predicted molar refractivity (Wildman–Crippen MR) is 57.3 cm³/mol. The molecule has 3 heteroatoms. The van der Waals surface area contributed by atoms with E-state index in [9.17, 15) is 0 Å². The second-order valence-corrected chi connectivity index (χ2v) is 4.62. The predicted octanol–water partition coefficient (Wildman–Crippen LogP) is 1.16. The number of rotatable bonds is 4. The first kappa shape index (κ1) is 12.0. The van der Waals surface area contributed by atoms with Gasteiger partial charge in [0.1, 0.15) is 0 Å². The molecule has 84 valence electrons. The highest BCUT2D eigenvalue weighted by Gasteiger charge is 2.23. The molecule has 1 heterocycles. The van der Waals surface area contributed by atoms with Crippen molar-refractivity contribution in [2.75, 3.05) is 13.2 Å². The smallest absolute Gasteiger partial charge is 0.0565 e. The SMILES string of the molecule is CC(CO)CNC1CC(C)OC(C)C1.